The van der Waals surface area contributed by atoms with Gasteiger partial charge in [-0.3, -0.25) is 10.1 Å². The van der Waals surface area contributed by atoms with Crippen LogP contribution in [0.1, 0.15) is 26.3 Å². The van der Waals surface area contributed by atoms with E-state index in [1.807, 2.05) is 0 Å². The van der Waals surface area contributed by atoms with Crippen molar-refractivity contribution in [2.24, 2.45) is 0 Å². The van der Waals surface area contributed by atoms with Crippen LogP contribution >= 0.6 is 0 Å². The van der Waals surface area contributed by atoms with Gasteiger partial charge in [0.15, 0.2) is 15.7 Å². The summed E-state index contributed by atoms with van der Waals surface area (Å²) >= 11 is 0. The molecule has 0 spiro atoms. The summed E-state index contributed by atoms with van der Waals surface area (Å²) < 4.78 is 38.9. The molecule has 29 heavy (non-hydrogen) atoms. The number of halogens is 1. The van der Waals surface area contributed by atoms with Crippen LogP contribution in [0, 0.1) is 12.7 Å². The predicted molar refractivity (Wildman–Crippen MR) is 113 cm³/mol. The van der Waals surface area contributed by atoms with E-state index >= 15 is 0 Å². The van der Waals surface area contributed by atoms with E-state index in [1.165, 1.54) is 12.1 Å². The van der Waals surface area contributed by atoms with Gasteiger partial charge in [0.1, 0.15) is 5.82 Å². The van der Waals surface area contributed by atoms with Crippen LogP contribution in [0.25, 0.3) is 21.8 Å². The number of rotatable bonds is 3. The number of nitrogens with one attached hydrogen (secondary N) is 2. The Labute approximate surface area is 168 Å². The molecule has 0 aliphatic heterocycles. The van der Waals surface area contributed by atoms with E-state index in [1.54, 1.807) is 58.2 Å². The summed E-state index contributed by atoms with van der Waals surface area (Å²) in [7, 11) is -3.54. The number of aromatic nitrogens is 3. The topological polar surface area (TPSA) is 87.7 Å². The second kappa shape index (κ2) is 6.52. The molecule has 0 bridgehead atoms. The molecule has 0 fully saturated rings. The minimum Gasteiger partial charge on any atom is -0.338 e. The zero-order chi connectivity index (χ0) is 21.0. The molecule has 0 amide bonds. The van der Waals surface area contributed by atoms with Crippen LogP contribution in [0.3, 0.4) is 0 Å². The Morgan fingerprint density at radius 1 is 1.07 bits per heavy atom. The molecule has 0 atom stereocenters. The number of aromatic amines is 1. The number of hydrogen-bond acceptors (Lipinski definition) is 5. The Balaban J connectivity index is 1.89. The first-order valence-electron chi connectivity index (χ1n) is 9.12. The molecule has 2 N–H and O–H groups in total. The van der Waals surface area contributed by atoms with Crippen LogP contribution in [0.5, 0.6) is 0 Å². The molecule has 2 heterocycles. The SMILES string of the molecule is Cc1cc2nccc(Nc3n[nH]c4ccc(F)cc34)c2cc1S(=O)(=O)C(C)(C)C. The average molecular weight is 412 g/mol. The molecule has 150 valence electrons. The highest BCUT2D eigenvalue weighted by Gasteiger charge is 2.32. The first-order chi connectivity index (χ1) is 13.6. The van der Waals surface area contributed by atoms with Gasteiger partial charge in [-0.25, -0.2) is 12.8 Å². The number of nitrogens with zero attached hydrogens (tertiary/aromatic N) is 2. The predicted octanol–water partition coefficient (Wildman–Crippen LogP) is 4.87. The number of anilines is 2. The van der Waals surface area contributed by atoms with Crippen molar-refractivity contribution >= 4 is 43.1 Å². The van der Waals surface area contributed by atoms with Gasteiger partial charge in [-0.15, -0.1) is 0 Å². The molecular weight excluding hydrogens is 391 g/mol. The van der Waals surface area contributed by atoms with Crippen LogP contribution in [0.15, 0.2) is 47.5 Å². The molecule has 2 aromatic heterocycles. The minimum atomic E-state index is -3.54. The van der Waals surface area contributed by atoms with Crippen molar-refractivity contribution in [1.29, 1.82) is 0 Å². The van der Waals surface area contributed by atoms with Gasteiger partial charge >= 0.3 is 0 Å². The normalized spacial score (nSPS) is 12.6. The molecule has 0 aliphatic rings. The second-order valence-corrected chi connectivity index (χ2v) is 10.7. The van der Waals surface area contributed by atoms with Crippen LogP contribution in [0.4, 0.5) is 15.9 Å². The second-order valence-electron chi connectivity index (χ2n) is 8.00. The number of benzene rings is 2. The molecule has 2 aromatic carbocycles. The molecule has 0 unspecified atom stereocenters. The van der Waals surface area contributed by atoms with E-state index in [-0.39, 0.29) is 10.7 Å². The van der Waals surface area contributed by atoms with E-state index in [2.05, 4.69) is 20.5 Å². The summed E-state index contributed by atoms with van der Waals surface area (Å²) in [6, 6.07) is 9.52. The van der Waals surface area contributed by atoms with E-state index in [4.69, 9.17) is 0 Å². The minimum absolute atomic E-state index is 0.270. The van der Waals surface area contributed by atoms with Crippen molar-refractivity contribution in [3.8, 4) is 0 Å². The number of fused-ring (bicyclic) bond motifs is 2. The lowest BCUT2D eigenvalue weighted by Gasteiger charge is -2.21. The largest absolute Gasteiger partial charge is 0.338 e. The Kier molecular flexibility index (Phi) is 4.34. The lowest BCUT2D eigenvalue weighted by Crippen LogP contribution is -2.28. The third kappa shape index (κ3) is 3.23. The molecule has 8 heteroatoms. The fraction of sp³-hybridized carbons (Fsp3) is 0.238. The van der Waals surface area contributed by atoms with Gasteiger partial charge in [0.2, 0.25) is 0 Å². The quantitative estimate of drug-likeness (QED) is 0.501. The smallest absolute Gasteiger partial charge is 0.183 e. The lowest BCUT2D eigenvalue weighted by atomic mass is 10.1. The number of pyridine rings is 1. The van der Waals surface area contributed by atoms with Crippen LogP contribution in [-0.4, -0.2) is 28.3 Å². The van der Waals surface area contributed by atoms with Crippen molar-refractivity contribution in [3.63, 3.8) is 0 Å². The molecule has 0 aliphatic carbocycles. The lowest BCUT2D eigenvalue weighted by molar-refractivity contribution is 0.560. The third-order valence-electron chi connectivity index (χ3n) is 4.91. The van der Waals surface area contributed by atoms with Crippen molar-refractivity contribution < 1.29 is 12.8 Å². The van der Waals surface area contributed by atoms with Gasteiger partial charge in [-0.2, -0.15) is 5.10 Å². The Hall–Kier alpha value is -3.00. The highest BCUT2D eigenvalue weighted by Crippen LogP contribution is 2.34. The van der Waals surface area contributed by atoms with E-state index < -0.39 is 14.6 Å². The zero-order valence-corrected chi connectivity index (χ0v) is 17.4. The Bertz CT molecular complexity index is 1350. The highest BCUT2D eigenvalue weighted by atomic mass is 32.2. The van der Waals surface area contributed by atoms with Gasteiger partial charge < -0.3 is 5.32 Å². The van der Waals surface area contributed by atoms with E-state index in [0.717, 1.165) is 0 Å². The standard InChI is InChI=1S/C21H21FN4O2S/c1-12-9-18-14(11-19(12)29(27,28)21(2,3)4)16(7-8-23-18)24-20-15-10-13(22)5-6-17(15)25-26-20/h5-11H,1-4H3,(H2,23,24,25,26). The Morgan fingerprint density at radius 2 is 1.83 bits per heavy atom. The van der Waals surface area contributed by atoms with E-state index in [9.17, 15) is 12.8 Å². The molecule has 0 radical (unpaired) electrons. The zero-order valence-electron chi connectivity index (χ0n) is 16.5. The van der Waals surface area contributed by atoms with Gasteiger partial charge in [0.05, 0.1) is 26.4 Å². The summed E-state index contributed by atoms with van der Waals surface area (Å²) in [4.78, 5) is 4.64. The first-order valence-corrected chi connectivity index (χ1v) is 10.6. The maximum absolute atomic E-state index is 13.7. The number of aryl methyl sites for hydroxylation is 1. The summed E-state index contributed by atoms with van der Waals surface area (Å²) in [6.07, 6.45) is 1.64. The fourth-order valence-corrected chi connectivity index (χ4v) is 4.63. The van der Waals surface area contributed by atoms with Crippen LogP contribution < -0.4 is 5.32 Å². The summed E-state index contributed by atoms with van der Waals surface area (Å²) in [5.74, 6) is 0.0866. The molecule has 0 saturated heterocycles. The third-order valence-corrected chi connectivity index (χ3v) is 7.54. The van der Waals surface area contributed by atoms with Crippen molar-refractivity contribution in [3.05, 3.63) is 54.0 Å². The fourth-order valence-electron chi connectivity index (χ4n) is 3.21. The average Bonchev–Trinajstić information content (AvgIpc) is 3.02. The highest BCUT2D eigenvalue weighted by molar-refractivity contribution is 7.92. The maximum Gasteiger partial charge on any atom is 0.183 e. The van der Waals surface area contributed by atoms with Gasteiger partial charge in [-0.05, 0) is 69.7 Å². The number of sulfone groups is 1. The number of hydrogen-bond donors (Lipinski definition) is 2. The van der Waals surface area contributed by atoms with Gasteiger partial charge in [0.25, 0.3) is 0 Å². The van der Waals surface area contributed by atoms with Crippen LogP contribution in [0.2, 0.25) is 0 Å². The van der Waals surface area contributed by atoms with Gasteiger partial charge in [0, 0.05) is 17.0 Å². The monoisotopic (exact) mass is 412 g/mol. The molecular formula is C21H21FN4O2S. The molecule has 4 rings (SSSR count). The van der Waals surface area contributed by atoms with Gasteiger partial charge in [-0.1, -0.05) is 0 Å². The van der Waals surface area contributed by atoms with Crippen molar-refractivity contribution in [2.45, 2.75) is 37.3 Å². The molecule has 0 saturated carbocycles. The molecule has 4 aromatic rings. The van der Waals surface area contributed by atoms with Crippen LogP contribution in [-0.2, 0) is 9.84 Å². The summed E-state index contributed by atoms with van der Waals surface area (Å²) in [5, 5.41) is 11.5. The Morgan fingerprint density at radius 3 is 2.55 bits per heavy atom. The van der Waals surface area contributed by atoms with Crippen molar-refractivity contribution in [2.75, 3.05) is 5.32 Å². The first kappa shape index (κ1) is 19.3. The molecule has 6 nitrogen and oxygen atoms in total. The van der Waals surface area contributed by atoms with Crippen molar-refractivity contribution in [1.82, 2.24) is 15.2 Å². The van der Waals surface area contributed by atoms with E-state index in [0.29, 0.717) is 38.9 Å². The number of H-pyrrole nitrogens is 1. The summed E-state index contributed by atoms with van der Waals surface area (Å²) in [6.45, 7) is 6.81. The summed E-state index contributed by atoms with van der Waals surface area (Å²) in [5.41, 5.74) is 2.63. The maximum atomic E-state index is 13.7.